The maximum absolute atomic E-state index is 6.11. The minimum Gasteiger partial charge on any atom is -0.296 e. The normalized spacial score (nSPS) is 21.0. The van der Waals surface area contributed by atoms with Crippen LogP contribution in [0.15, 0.2) is 24.3 Å². The summed E-state index contributed by atoms with van der Waals surface area (Å²) in [5.74, 6) is 5.92. The first-order valence-electron chi connectivity index (χ1n) is 8.05. The third kappa shape index (κ3) is 3.98. The van der Waals surface area contributed by atoms with Crippen molar-refractivity contribution in [2.45, 2.75) is 57.5 Å². The molecule has 0 bridgehead atoms. The van der Waals surface area contributed by atoms with Crippen LogP contribution in [0.3, 0.4) is 0 Å². The summed E-state index contributed by atoms with van der Waals surface area (Å²) in [5.41, 5.74) is 4.39. The number of benzene rings is 1. The molecule has 3 nitrogen and oxygen atoms in total. The molecule has 0 aliphatic carbocycles. The van der Waals surface area contributed by atoms with E-state index in [1.165, 1.54) is 37.9 Å². The monoisotopic (exact) mass is 309 g/mol. The van der Waals surface area contributed by atoms with Crippen LogP contribution in [0, 0.1) is 0 Å². The molecule has 0 spiro atoms. The maximum atomic E-state index is 6.11. The first-order chi connectivity index (χ1) is 10.1. The molecule has 4 heteroatoms. The van der Waals surface area contributed by atoms with Crippen LogP contribution in [0.5, 0.6) is 0 Å². The van der Waals surface area contributed by atoms with Gasteiger partial charge < -0.3 is 0 Å². The third-order valence-electron chi connectivity index (χ3n) is 5.08. The zero-order chi connectivity index (χ0) is 15.3. The van der Waals surface area contributed by atoms with E-state index in [1.54, 1.807) is 0 Å². The van der Waals surface area contributed by atoms with Gasteiger partial charge in [0.05, 0.1) is 0 Å². The molecule has 118 valence electrons. The number of hydrazine groups is 1. The van der Waals surface area contributed by atoms with Gasteiger partial charge >= 0.3 is 0 Å². The van der Waals surface area contributed by atoms with Crippen molar-refractivity contribution in [2.75, 3.05) is 13.1 Å². The zero-order valence-corrected chi connectivity index (χ0v) is 14.0. The number of rotatable bonds is 6. The van der Waals surface area contributed by atoms with Gasteiger partial charge in [0, 0.05) is 16.6 Å². The van der Waals surface area contributed by atoms with E-state index in [0.717, 1.165) is 17.9 Å². The highest BCUT2D eigenvalue weighted by Crippen LogP contribution is 2.29. The van der Waals surface area contributed by atoms with Gasteiger partial charge in [-0.2, -0.15) is 0 Å². The predicted molar refractivity (Wildman–Crippen MR) is 90.4 cm³/mol. The second-order valence-electron chi connectivity index (χ2n) is 6.31. The van der Waals surface area contributed by atoms with E-state index in [9.17, 15) is 0 Å². The Labute approximate surface area is 133 Å². The van der Waals surface area contributed by atoms with E-state index in [4.69, 9.17) is 17.4 Å². The summed E-state index contributed by atoms with van der Waals surface area (Å²) in [5, 5.41) is 0.791. The average Bonchev–Trinajstić information content (AvgIpc) is 2.53. The summed E-state index contributed by atoms with van der Waals surface area (Å²) in [4.78, 5) is 2.62. The predicted octanol–water partition coefficient (Wildman–Crippen LogP) is 3.37. The fourth-order valence-corrected chi connectivity index (χ4v) is 3.67. The van der Waals surface area contributed by atoms with E-state index >= 15 is 0 Å². The Hall–Kier alpha value is -0.610. The van der Waals surface area contributed by atoms with E-state index in [1.807, 2.05) is 18.2 Å². The molecule has 1 heterocycles. The Morgan fingerprint density at radius 3 is 2.62 bits per heavy atom. The summed E-state index contributed by atoms with van der Waals surface area (Å²) in [6, 6.07) is 8.31. The fourth-order valence-electron chi connectivity index (χ4n) is 3.45. The Morgan fingerprint density at radius 1 is 1.33 bits per heavy atom. The molecule has 2 unspecified atom stereocenters. The second-order valence-corrected chi connectivity index (χ2v) is 6.75. The van der Waals surface area contributed by atoms with Gasteiger partial charge in [-0.1, -0.05) is 37.1 Å². The van der Waals surface area contributed by atoms with Gasteiger partial charge in [-0.25, -0.2) is 0 Å². The Kier molecular flexibility index (Phi) is 6.06. The minimum absolute atomic E-state index is 0.0808. The molecule has 1 aliphatic heterocycles. The summed E-state index contributed by atoms with van der Waals surface area (Å²) >= 11 is 6.11. The fraction of sp³-hybridized carbons (Fsp3) is 0.647. The van der Waals surface area contributed by atoms with E-state index < -0.39 is 0 Å². The molecule has 0 amide bonds. The van der Waals surface area contributed by atoms with Crippen LogP contribution in [0.4, 0.5) is 0 Å². The van der Waals surface area contributed by atoms with Crippen LogP contribution in [0.2, 0.25) is 5.02 Å². The van der Waals surface area contributed by atoms with Crippen LogP contribution >= 0.6 is 11.6 Å². The van der Waals surface area contributed by atoms with Crippen molar-refractivity contribution in [1.29, 1.82) is 0 Å². The second kappa shape index (κ2) is 7.59. The van der Waals surface area contributed by atoms with Crippen molar-refractivity contribution in [2.24, 2.45) is 5.84 Å². The molecule has 1 saturated heterocycles. The lowest BCUT2D eigenvalue weighted by molar-refractivity contribution is 0.0429. The summed E-state index contributed by atoms with van der Waals surface area (Å²) in [6.45, 7) is 6.96. The SMILES string of the molecule is CCC(C)(C(Cc1cccc(Cl)c1)NN)N1CCCCC1. The van der Waals surface area contributed by atoms with Crippen LogP contribution in [-0.2, 0) is 6.42 Å². The highest BCUT2D eigenvalue weighted by molar-refractivity contribution is 6.30. The largest absolute Gasteiger partial charge is 0.296 e. The molecule has 1 fully saturated rings. The number of likely N-dealkylation sites (tertiary alicyclic amines) is 1. The topological polar surface area (TPSA) is 41.3 Å². The van der Waals surface area contributed by atoms with Gasteiger partial charge in [-0.3, -0.25) is 16.2 Å². The Bertz CT molecular complexity index is 445. The maximum Gasteiger partial charge on any atom is 0.0432 e. The van der Waals surface area contributed by atoms with E-state index in [0.29, 0.717) is 0 Å². The number of piperidine rings is 1. The summed E-state index contributed by atoms with van der Waals surface area (Å²) < 4.78 is 0. The minimum atomic E-state index is 0.0808. The summed E-state index contributed by atoms with van der Waals surface area (Å²) in [6.07, 6.45) is 5.93. The Morgan fingerprint density at radius 2 is 2.05 bits per heavy atom. The molecule has 21 heavy (non-hydrogen) atoms. The Balaban J connectivity index is 2.16. The van der Waals surface area contributed by atoms with Gasteiger partial charge in [-0.05, 0) is 63.4 Å². The van der Waals surface area contributed by atoms with Crippen LogP contribution < -0.4 is 11.3 Å². The first-order valence-corrected chi connectivity index (χ1v) is 8.43. The van der Waals surface area contributed by atoms with Crippen LogP contribution in [0.1, 0.15) is 45.1 Å². The van der Waals surface area contributed by atoms with E-state index in [2.05, 4.69) is 30.2 Å². The lowest BCUT2D eigenvalue weighted by atomic mass is 9.82. The standard InChI is InChI=1S/C17H28ClN3/c1-3-17(2,21-10-5-4-6-11-21)16(20-19)13-14-8-7-9-15(18)12-14/h7-9,12,16,20H,3-6,10-11,13,19H2,1-2H3. The molecule has 1 aromatic carbocycles. The molecular weight excluding hydrogens is 282 g/mol. The number of halogens is 1. The van der Waals surface area contributed by atoms with E-state index in [-0.39, 0.29) is 11.6 Å². The van der Waals surface area contributed by atoms with Gasteiger partial charge in [0.15, 0.2) is 0 Å². The quantitative estimate of drug-likeness (QED) is 0.625. The third-order valence-corrected chi connectivity index (χ3v) is 5.31. The molecule has 0 saturated carbocycles. The molecule has 2 atom stereocenters. The molecule has 3 N–H and O–H groups in total. The van der Waals surface area contributed by atoms with Crippen molar-refractivity contribution in [3.05, 3.63) is 34.9 Å². The van der Waals surface area contributed by atoms with Gasteiger partial charge in [0.2, 0.25) is 0 Å². The summed E-state index contributed by atoms with van der Waals surface area (Å²) in [7, 11) is 0. The van der Waals surface area contributed by atoms with Crippen molar-refractivity contribution < 1.29 is 0 Å². The molecule has 1 aliphatic rings. The first kappa shape index (κ1) is 16.8. The number of nitrogens with two attached hydrogens (primary N) is 1. The van der Waals surface area contributed by atoms with Gasteiger partial charge in [0.25, 0.3) is 0 Å². The van der Waals surface area contributed by atoms with Crippen molar-refractivity contribution in [3.63, 3.8) is 0 Å². The van der Waals surface area contributed by atoms with Gasteiger partial charge in [0.1, 0.15) is 0 Å². The highest BCUT2D eigenvalue weighted by atomic mass is 35.5. The van der Waals surface area contributed by atoms with Crippen LogP contribution in [-0.4, -0.2) is 29.6 Å². The molecule has 0 aromatic heterocycles. The van der Waals surface area contributed by atoms with Crippen molar-refractivity contribution >= 4 is 11.6 Å². The number of hydrogen-bond acceptors (Lipinski definition) is 3. The van der Waals surface area contributed by atoms with Gasteiger partial charge in [-0.15, -0.1) is 0 Å². The highest BCUT2D eigenvalue weighted by Gasteiger charge is 2.38. The zero-order valence-electron chi connectivity index (χ0n) is 13.2. The smallest absolute Gasteiger partial charge is 0.0432 e. The molecule has 1 aromatic rings. The average molecular weight is 310 g/mol. The number of nitrogens with zero attached hydrogens (tertiary/aromatic N) is 1. The van der Waals surface area contributed by atoms with Crippen LogP contribution in [0.25, 0.3) is 0 Å². The molecular formula is C17H28ClN3. The lowest BCUT2D eigenvalue weighted by Crippen LogP contribution is -2.62. The molecule has 0 radical (unpaired) electrons. The van der Waals surface area contributed by atoms with Crippen molar-refractivity contribution in [1.82, 2.24) is 10.3 Å². The number of nitrogens with one attached hydrogen (secondary N) is 1. The van der Waals surface area contributed by atoms with Crippen molar-refractivity contribution in [3.8, 4) is 0 Å². The lowest BCUT2D eigenvalue weighted by Gasteiger charge is -2.48. The molecule has 2 rings (SSSR count). The number of hydrogen-bond donors (Lipinski definition) is 2.